The smallest absolute Gasteiger partial charge is 0.312 e. The van der Waals surface area contributed by atoms with Gasteiger partial charge in [-0.3, -0.25) is 4.79 Å². The summed E-state index contributed by atoms with van der Waals surface area (Å²) >= 11 is 0. The van der Waals surface area contributed by atoms with Crippen molar-refractivity contribution in [3.8, 4) is 0 Å². The summed E-state index contributed by atoms with van der Waals surface area (Å²) in [6.07, 6.45) is 1.83. The highest BCUT2D eigenvalue weighted by molar-refractivity contribution is 5.86. The van der Waals surface area contributed by atoms with Gasteiger partial charge in [-0.1, -0.05) is 19.8 Å². The average molecular weight is 303 g/mol. The molecule has 0 saturated heterocycles. The molecule has 0 aliphatic carbocycles. The number of carbonyl (C=O) groups excluding carboxylic acids is 2. The summed E-state index contributed by atoms with van der Waals surface area (Å²) in [7, 11) is 0. The molecule has 114 valence electrons. The maximum absolute atomic E-state index is 12.8. The van der Waals surface area contributed by atoms with Gasteiger partial charge in [0.15, 0.2) is 0 Å². The fourth-order valence-electron chi connectivity index (χ4n) is 1.26. The summed E-state index contributed by atoms with van der Waals surface area (Å²) in [6.45, 7) is 0.198. The SMILES string of the molecule is CCCCC(NC(N)=O)C(=O)NCC(F)(F)CN.Cl. The minimum Gasteiger partial charge on any atom is -0.352 e. The van der Waals surface area contributed by atoms with Gasteiger partial charge in [-0.05, 0) is 6.42 Å². The number of rotatable bonds is 8. The Labute approximate surface area is 117 Å². The lowest BCUT2D eigenvalue weighted by molar-refractivity contribution is -0.124. The molecule has 3 amide bonds. The van der Waals surface area contributed by atoms with Crippen molar-refractivity contribution in [1.29, 1.82) is 0 Å². The molecule has 0 aromatic rings. The summed E-state index contributed by atoms with van der Waals surface area (Å²) in [5, 5.41) is 4.27. The molecule has 0 saturated carbocycles. The van der Waals surface area contributed by atoms with Crippen molar-refractivity contribution in [3.63, 3.8) is 0 Å². The molecule has 0 aromatic carbocycles. The van der Waals surface area contributed by atoms with E-state index in [1.165, 1.54) is 0 Å². The van der Waals surface area contributed by atoms with Crippen molar-refractivity contribution in [2.75, 3.05) is 13.1 Å². The Hall–Kier alpha value is -1.15. The molecule has 0 heterocycles. The van der Waals surface area contributed by atoms with Gasteiger partial charge in [0.1, 0.15) is 6.04 Å². The van der Waals surface area contributed by atoms with E-state index >= 15 is 0 Å². The molecule has 1 atom stereocenters. The summed E-state index contributed by atoms with van der Waals surface area (Å²) in [4.78, 5) is 22.3. The Kier molecular flexibility index (Phi) is 10.3. The average Bonchev–Trinajstić information content (AvgIpc) is 2.31. The number of unbranched alkanes of at least 4 members (excludes halogenated alkanes) is 1. The first kappa shape index (κ1) is 20.2. The molecule has 0 bridgehead atoms. The number of hydrogen-bond donors (Lipinski definition) is 4. The largest absolute Gasteiger partial charge is 0.352 e. The van der Waals surface area contributed by atoms with Gasteiger partial charge in [-0.25, -0.2) is 13.6 Å². The Morgan fingerprint density at radius 2 is 1.95 bits per heavy atom. The third-order valence-corrected chi connectivity index (χ3v) is 2.30. The van der Waals surface area contributed by atoms with Crippen LogP contribution >= 0.6 is 12.4 Å². The Morgan fingerprint density at radius 1 is 1.37 bits per heavy atom. The third kappa shape index (κ3) is 9.43. The van der Waals surface area contributed by atoms with E-state index in [1.54, 1.807) is 0 Å². The number of urea groups is 1. The zero-order valence-corrected chi connectivity index (χ0v) is 11.6. The fourth-order valence-corrected chi connectivity index (χ4v) is 1.26. The maximum Gasteiger partial charge on any atom is 0.312 e. The zero-order valence-electron chi connectivity index (χ0n) is 10.7. The van der Waals surface area contributed by atoms with Gasteiger partial charge < -0.3 is 22.1 Å². The molecule has 9 heteroatoms. The number of nitrogens with one attached hydrogen (secondary N) is 2. The van der Waals surface area contributed by atoms with E-state index in [2.05, 4.69) is 5.32 Å². The van der Waals surface area contributed by atoms with E-state index in [0.29, 0.717) is 12.8 Å². The molecule has 0 aliphatic heterocycles. The van der Waals surface area contributed by atoms with Crippen LogP contribution in [-0.4, -0.2) is 37.0 Å². The number of halogens is 3. The van der Waals surface area contributed by atoms with Crippen LogP contribution in [-0.2, 0) is 4.79 Å². The van der Waals surface area contributed by atoms with Gasteiger partial charge in [0.2, 0.25) is 5.91 Å². The monoisotopic (exact) mass is 302 g/mol. The van der Waals surface area contributed by atoms with Crippen molar-refractivity contribution in [2.45, 2.75) is 38.2 Å². The first-order valence-electron chi connectivity index (χ1n) is 5.74. The second-order valence-electron chi connectivity index (χ2n) is 3.98. The molecule has 0 spiro atoms. The van der Waals surface area contributed by atoms with Crippen LogP contribution in [0, 0.1) is 0 Å². The van der Waals surface area contributed by atoms with E-state index in [4.69, 9.17) is 11.5 Å². The van der Waals surface area contributed by atoms with Gasteiger partial charge in [0, 0.05) is 0 Å². The highest BCUT2D eigenvalue weighted by Gasteiger charge is 2.29. The number of alkyl halides is 2. The Balaban J connectivity index is 0. The predicted molar refractivity (Wildman–Crippen MR) is 70.3 cm³/mol. The van der Waals surface area contributed by atoms with Gasteiger partial charge in [0.25, 0.3) is 5.92 Å². The summed E-state index contributed by atoms with van der Waals surface area (Å²) in [5.74, 6) is -3.84. The summed E-state index contributed by atoms with van der Waals surface area (Å²) in [5.41, 5.74) is 9.75. The van der Waals surface area contributed by atoms with E-state index in [9.17, 15) is 18.4 Å². The van der Waals surface area contributed by atoms with Crippen LogP contribution in [0.2, 0.25) is 0 Å². The summed E-state index contributed by atoms with van der Waals surface area (Å²) < 4.78 is 25.7. The second-order valence-corrected chi connectivity index (χ2v) is 3.98. The van der Waals surface area contributed by atoms with Crippen LogP contribution in [0.4, 0.5) is 13.6 Å². The van der Waals surface area contributed by atoms with Crippen LogP contribution < -0.4 is 22.1 Å². The van der Waals surface area contributed by atoms with E-state index < -0.39 is 37.0 Å². The van der Waals surface area contributed by atoms with Crippen LogP contribution in [0.5, 0.6) is 0 Å². The fraction of sp³-hybridized carbons (Fsp3) is 0.800. The number of primary amides is 1. The number of nitrogens with two attached hydrogens (primary N) is 2. The Bertz CT molecular complexity index is 293. The molecule has 0 radical (unpaired) electrons. The standard InChI is InChI=1S/C10H20F2N4O2.ClH/c1-2-3-4-7(16-9(14)18)8(17)15-6-10(11,12)5-13;/h7H,2-6,13H2,1H3,(H,15,17)(H3,14,16,18);1H. The first-order chi connectivity index (χ1) is 8.32. The topological polar surface area (TPSA) is 110 Å². The first-order valence-corrected chi connectivity index (χ1v) is 5.74. The number of hydrogen-bond acceptors (Lipinski definition) is 3. The van der Waals surface area contributed by atoms with E-state index in [0.717, 1.165) is 6.42 Å². The van der Waals surface area contributed by atoms with Crippen molar-refractivity contribution in [2.24, 2.45) is 11.5 Å². The highest BCUT2D eigenvalue weighted by atomic mass is 35.5. The minimum atomic E-state index is -3.16. The number of carbonyl (C=O) groups is 2. The van der Waals surface area contributed by atoms with E-state index in [-0.39, 0.29) is 12.4 Å². The van der Waals surface area contributed by atoms with Gasteiger partial charge in [-0.2, -0.15) is 0 Å². The molecule has 6 nitrogen and oxygen atoms in total. The second kappa shape index (κ2) is 9.74. The number of amides is 3. The molecular weight excluding hydrogens is 282 g/mol. The quantitative estimate of drug-likeness (QED) is 0.519. The zero-order chi connectivity index (χ0) is 14.2. The summed E-state index contributed by atoms with van der Waals surface area (Å²) in [6, 6.07) is -1.76. The lowest BCUT2D eigenvalue weighted by Crippen LogP contribution is -2.51. The van der Waals surface area contributed by atoms with Crippen LogP contribution in [0.3, 0.4) is 0 Å². The minimum absolute atomic E-state index is 0. The van der Waals surface area contributed by atoms with Crippen molar-refractivity contribution in [3.05, 3.63) is 0 Å². The van der Waals surface area contributed by atoms with Crippen LogP contribution in [0.15, 0.2) is 0 Å². The lowest BCUT2D eigenvalue weighted by atomic mass is 10.1. The van der Waals surface area contributed by atoms with E-state index in [1.807, 2.05) is 12.2 Å². The molecule has 19 heavy (non-hydrogen) atoms. The predicted octanol–water partition coefficient (Wildman–Crippen LogP) is 0.346. The molecule has 0 aromatic heterocycles. The normalized spacial score (nSPS) is 12.2. The Morgan fingerprint density at radius 3 is 2.37 bits per heavy atom. The molecule has 1 unspecified atom stereocenters. The highest BCUT2D eigenvalue weighted by Crippen LogP contribution is 2.09. The van der Waals surface area contributed by atoms with Gasteiger partial charge in [-0.15, -0.1) is 12.4 Å². The maximum atomic E-state index is 12.8. The molecule has 0 rings (SSSR count). The third-order valence-electron chi connectivity index (χ3n) is 2.30. The molecule has 0 fully saturated rings. The van der Waals surface area contributed by atoms with Crippen molar-refractivity contribution < 1.29 is 18.4 Å². The van der Waals surface area contributed by atoms with Crippen molar-refractivity contribution >= 4 is 24.3 Å². The van der Waals surface area contributed by atoms with Crippen molar-refractivity contribution in [1.82, 2.24) is 10.6 Å². The lowest BCUT2D eigenvalue weighted by Gasteiger charge is -2.19. The van der Waals surface area contributed by atoms with Crippen LogP contribution in [0.1, 0.15) is 26.2 Å². The molecule has 0 aliphatic rings. The molecule has 6 N–H and O–H groups in total. The van der Waals surface area contributed by atoms with Crippen LogP contribution in [0.25, 0.3) is 0 Å². The molecular formula is C10H21ClF2N4O2. The van der Waals surface area contributed by atoms with Gasteiger partial charge in [0.05, 0.1) is 13.1 Å². The van der Waals surface area contributed by atoms with Gasteiger partial charge >= 0.3 is 6.03 Å².